The number of methoxy groups -OCH3 is 2. The summed E-state index contributed by atoms with van der Waals surface area (Å²) < 4.78 is 57.2. The monoisotopic (exact) mass is 1010 g/mol. The van der Waals surface area contributed by atoms with E-state index in [0.29, 0.717) is 0 Å². The molecule has 0 amide bonds. The van der Waals surface area contributed by atoms with Crippen LogP contribution in [0, 0.1) is 0 Å². The Balaban J connectivity index is 0.000000317. The highest BCUT2D eigenvalue weighted by Gasteiger charge is 2.52. The van der Waals surface area contributed by atoms with Crippen LogP contribution in [0.3, 0.4) is 0 Å². The Bertz CT molecular complexity index is 1570. The minimum absolute atomic E-state index is 0.346. The maximum atomic E-state index is 12.0. The lowest BCUT2D eigenvalue weighted by Gasteiger charge is -2.46. The van der Waals surface area contributed by atoms with Crippen molar-refractivity contribution in [3.63, 3.8) is 0 Å². The molecule has 69 heavy (non-hydrogen) atoms. The molecular weight excluding hydrogens is 940 g/mol. The number of esters is 3. The Morgan fingerprint density at radius 3 is 1.28 bits per heavy atom. The largest absolute Gasteiger partial charge is 0.453 e. The number of Topliss-reactive ketones (excluding diaryl/α,β-unsaturated/α-hetero) is 1. The highest BCUT2D eigenvalue weighted by Crippen LogP contribution is 2.32. The van der Waals surface area contributed by atoms with E-state index in [-0.39, 0.29) is 5.78 Å². The van der Waals surface area contributed by atoms with Crippen molar-refractivity contribution in [3.8, 4) is 0 Å². The first-order chi connectivity index (χ1) is 32.4. The lowest BCUT2D eigenvalue weighted by Crippen LogP contribution is -2.64. The van der Waals surface area contributed by atoms with Gasteiger partial charge in [-0.1, -0.05) is 0 Å². The predicted octanol–water partition coefficient (Wildman–Crippen LogP) is -6.62. The van der Waals surface area contributed by atoms with Gasteiger partial charge in [-0.2, -0.15) is 0 Å². The van der Waals surface area contributed by atoms with Gasteiger partial charge in [-0.05, 0) is 48.5 Å². The number of rotatable bonds is 16. The van der Waals surface area contributed by atoms with E-state index in [4.69, 9.17) is 52.4 Å². The molecule has 0 aliphatic carbocycles. The first-order valence-electron chi connectivity index (χ1n) is 22.0. The molecule has 0 aromatic carbocycles. The molecule has 24 atom stereocenters. The van der Waals surface area contributed by atoms with E-state index >= 15 is 0 Å². The van der Waals surface area contributed by atoms with Crippen LogP contribution in [0.2, 0.25) is 0 Å². The van der Waals surface area contributed by atoms with E-state index < -0.39 is 191 Å². The lowest BCUT2D eigenvalue weighted by atomic mass is 9.95. The fourth-order valence-electron chi connectivity index (χ4n) is 7.33. The molecule has 0 radical (unpaired) electrons. The van der Waals surface area contributed by atoms with Gasteiger partial charge in [0.2, 0.25) is 0 Å². The van der Waals surface area contributed by atoms with Crippen molar-refractivity contribution in [2.75, 3.05) is 40.6 Å². The van der Waals surface area contributed by atoms with E-state index in [1.807, 2.05) is 0 Å². The van der Waals surface area contributed by atoms with Crippen LogP contribution in [0.4, 0.5) is 0 Å². The third-order valence-electron chi connectivity index (χ3n) is 11.7. The average molecular weight is 1010 g/mol. The van der Waals surface area contributed by atoms with Crippen molar-refractivity contribution in [1.29, 1.82) is 0 Å². The molecule has 0 aromatic rings. The molecular formula is C41H70O28. The summed E-state index contributed by atoms with van der Waals surface area (Å²) in [4.78, 5) is 54.6. The van der Waals surface area contributed by atoms with E-state index in [2.05, 4.69) is 9.47 Å². The summed E-state index contributed by atoms with van der Waals surface area (Å²) in [7, 11) is 2.57. The van der Waals surface area contributed by atoms with Gasteiger partial charge in [0.15, 0.2) is 42.8 Å². The minimum atomic E-state index is -1.62. The van der Waals surface area contributed by atoms with Gasteiger partial charge in [-0.15, -0.1) is 0 Å². The van der Waals surface area contributed by atoms with Crippen LogP contribution >= 0.6 is 0 Å². The molecule has 14 unspecified atom stereocenters. The summed E-state index contributed by atoms with van der Waals surface area (Å²) in [6.45, 7) is 8.08. The van der Waals surface area contributed by atoms with Crippen LogP contribution < -0.4 is 0 Å². The summed E-state index contributed by atoms with van der Waals surface area (Å²) in [6.07, 6.45) is -28.3. The van der Waals surface area contributed by atoms with Gasteiger partial charge in [0, 0.05) is 14.2 Å². The number of ketones is 1. The molecule has 5 heterocycles. The molecule has 0 saturated carbocycles. The highest BCUT2D eigenvalue weighted by atomic mass is 17.2. The Morgan fingerprint density at radius 2 is 0.899 bits per heavy atom. The van der Waals surface area contributed by atoms with E-state index in [1.54, 1.807) is 0 Å². The van der Waals surface area contributed by atoms with Crippen LogP contribution in [0.5, 0.6) is 0 Å². The van der Waals surface area contributed by atoms with Crippen LogP contribution in [0.25, 0.3) is 0 Å². The molecule has 0 spiro atoms. The molecule has 402 valence electrons. The highest BCUT2D eigenvalue weighted by molar-refractivity contribution is 5.86. The smallest absolute Gasteiger partial charge is 0.347 e. The fraction of sp³-hybridized carbons (Fsp3) is 0.902. The molecule has 5 rings (SSSR count). The number of hydrogen-bond acceptors (Lipinski definition) is 28. The number of ether oxygens (including phenoxy) is 11. The van der Waals surface area contributed by atoms with Crippen molar-refractivity contribution >= 4 is 23.7 Å². The number of aliphatic hydroxyl groups excluding tert-OH is 11. The van der Waals surface area contributed by atoms with Crippen molar-refractivity contribution in [2.45, 2.75) is 195 Å². The zero-order valence-corrected chi connectivity index (χ0v) is 39.5. The summed E-state index contributed by atoms with van der Waals surface area (Å²) in [5, 5.41) is 110. The molecule has 11 N–H and O–H groups in total. The molecule has 28 nitrogen and oxygen atoms in total. The van der Waals surface area contributed by atoms with E-state index in [9.17, 15) is 75.3 Å². The zero-order chi connectivity index (χ0) is 52.2. The van der Waals surface area contributed by atoms with Crippen LogP contribution in [-0.2, 0) is 81.1 Å². The first-order valence-corrected chi connectivity index (χ1v) is 22.0. The molecule has 5 saturated heterocycles. The fourth-order valence-corrected chi connectivity index (χ4v) is 7.33. The Labute approximate surface area is 396 Å². The SMILES string of the molecule is CC1OC(=O)C(C)OC1=O.CO[C@@H]1C(CO)O[C@@H](O[C@@H]2C(CO)O[C@@H](C)C(O)C2O)C(O)[C@H]1O.CO[C@@H]1C(CO)O[C@@H](O[C@@H]2C(COOC(C)C(=O)OC(C)C(C)=O)O[C@@H](C)C(O)C2O)C(O)[C@H]1O. The number of carbonyl (C=O) groups is 4. The molecule has 28 heteroatoms. The van der Waals surface area contributed by atoms with E-state index in [0.717, 1.165) is 0 Å². The number of hydrogen-bond donors (Lipinski definition) is 11. The second kappa shape index (κ2) is 27.9. The molecule has 5 aliphatic rings. The Kier molecular flexibility index (Phi) is 24.5. The second-order valence-electron chi connectivity index (χ2n) is 16.8. The van der Waals surface area contributed by atoms with Gasteiger partial charge in [-0.3, -0.25) is 4.79 Å². The molecule has 0 bridgehead atoms. The Morgan fingerprint density at radius 1 is 0.536 bits per heavy atom. The van der Waals surface area contributed by atoms with Gasteiger partial charge in [0.05, 0.1) is 32.0 Å². The summed E-state index contributed by atoms with van der Waals surface area (Å²) >= 11 is 0. The zero-order valence-electron chi connectivity index (χ0n) is 39.5. The number of aliphatic hydroxyl groups is 11. The number of cyclic esters (lactones) is 2. The van der Waals surface area contributed by atoms with Gasteiger partial charge >= 0.3 is 17.9 Å². The molecule has 5 aliphatic heterocycles. The lowest BCUT2D eigenvalue weighted by molar-refractivity contribution is -0.366. The van der Waals surface area contributed by atoms with Crippen molar-refractivity contribution in [1.82, 2.24) is 0 Å². The second-order valence-corrected chi connectivity index (χ2v) is 16.8. The summed E-state index contributed by atoms with van der Waals surface area (Å²) in [6, 6.07) is 0. The number of carbonyl (C=O) groups excluding carboxylic acids is 4. The third kappa shape index (κ3) is 15.6. The van der Waals surface area contributed by atoms with Gasteiger partial charge in [0.1, 0.15) is 104 Å². The van der Waals surface area contributed by atoms with Crippen molar-refractivity contribution in [3.05, 3.63) is 0 Å². The quantitative estimate of drug-likeness (QED) is 0.0296. The van der Waals surface area contributed by atoms with Crippen LogP contribution in [-0.4, -0.2) is 267 Å². The van der Waals surface area contributed by atoms with Crippen LogP contribution in [0.1, 0.15) is 48.5 Å². The topological polar surface area (TPSA) is 411 Å². The van der Waals surface area contributed by atoms with Crippen molar-refractivity contribution in [2.24, 2.45) is 0 Å². The van der Waals surface area contributed by atoms with Gasteiger partial charge < -0.3 is 108 Å². The summed E-state index contributed by atoms with van der Waals surface area (Å²) in [5.41, 5.74) is 0. The average Bonchev–Trinajstić information content (AvgIpc) is 3.31. The normalized spacial score (nSPS) is 42.3. The first kappa shape index (κ1) is 60.5. The van der Waals surface area contributed by atoms with Crippen LogP contribution in [0.15, 0.2) is 0 Å². The predicted molar refractivity (Wildman–Crippen MR) is 220 cm³/mol. The maximum absolute atomic E-state index is 12.0. The van der Waals surface area contributed by atoms with Crippen molar-refractivity contribution < 1.29 is 137 Å². The minimum Gasteiger partial charge on any atom is -0.453 e. The van der Waals surface area contributed by atoms with Gasteiger partial charge in [0.25, 0.3) is 0 Å². The molecule has 5 fully saturated rings. The standard InChI is InChI=1S/C21H36O14.C14H26O10.C6H8O4/c1-8(23)9(2)32-20(28)11(4)35-30-7-13-19(15(25)14(24)10(3)31-13)34-21-17(27)16(26)18(29-5)12(6-22)33-21;1-5-8(17)9(18)13(7(4-16)22-5)24-14-11(20)10(19)12(21-2)6(3-15)23-14;1-3-5(7)10-4(2)6(8)9-3/h9-19,21-22,24-27H,6-7H2,1-5H3;5-20H,3-4H2,1-2H3;3-4H,1-2H3/t9?,10-,11?,12?,13?,14?,15?,16+,17?,18+,19+,21-;5-,6?,7?,8?,9?,10+,11?,12+,13+,14-;/m00./s1. The summed E-state index contributed by atoms with van der Waals surface area (Å²) in [5.74, 6) is -2.15. The maximum Gasteiger partial charge on any atom is 0.347 e. The molecule has 0 aromatic heterocycles. The van der Waals surface area contributed by atoms with Gasteiger partial charge in [-0.25, -0.2) is 24.2 Å². The Hall–Kier alpha value is -2.76. The third-order valence-corrected chi connectivity index (χ3v) is 11.7. The van der Waals surface area contributed by atoms with E-state index in [1.165, 1.54) is 62.7 Å².